The molecule has 36 atom stereocenters. The predicted molar refractivity (Wildman–Crippen MR) is 276 cm³/mol. The standard InChI is InChI=1S/C50H85N3O36/c1-13-25(63)30(68)33(71)47(77-13)84-38-20(8-57)81-44(23(29(38)67)52-15(3)61)88-42-27(65)19(7-56)80-50(37(42)75)87-41-24(53-16(4)62)45(82-22(10-59)40(41)86-48-34(72)31(69)26(64)14(2)78-48)89-43-28(66)18(6-55)79-49(36(43)74)85-39-21(9-58)83-46(35(73)32(39)70)76-11-17(5-54)51-12-60/h12-14,17-50,54-59,63-75H,5-11H2,1-4H3,(H,51,60)(H,52,61)(H,53,62)/t13-,14-,17+,18+,19+,20+,21+,22+,23+,24+,25+,26+,27-,28-,29+,30+,31+,32+,33-,34-,35+,36+,37+,38+,39+,40+,41+,42-,43-,44-,45-,46+,47-,48-,49-,50-/m0/s1. The number of ether oxygens (including phenoxy) is 14. The second-order valence-corrected chi connectivity index (χ2v) is 22.5. The quantitative estimate of drug-likeness (QED) is 0.0377. The van der Waals surface area contributed by atoms with Gasteiger partial charge in [-0.1, -0.05) is 0 Å². The van der Waals surface area contributed by atoms with Crippen LogP contribution in [0.25, 0.3) is 0 Å². The molecule has 7 aliphatic heterocycles. The van der Waals surface area contributed by atoms with Crippen LogP contribution < -0.4 is 16.0 Å². The van der Waals surface area contributed by atoms with Crippen LogP contribution >= 0.6 is 0 Å². The number of amides is 3. The zero-order valence-electron chi connectivity index (χ0n) is 48.2. The lowest BCUT2D eigenvalue weighted by molar-refractivity contribution is -0.396. The number of nitrogens with one attached hydrogen (secondary N) is 3. The molecule has 89 heavy (non-hydrogen) atoms. The van der Waals surface area contributed by atoms with Crippen LogP contribution in [-0.4, -0.2) is 382 Å². The summed E-state index contributed by atoms with van der Waals surface area (Å²) < 4.78 is 82.4. The van der Waals surface area contributed by atoms with Crippen LogP contribution in [0.15, 0.2) is 0 Å². The number of carbonyl (C=O) groups is 3. The van der Waals surface area contributed by atoms with E-state index in [1.165, 1.54) is 13.8 Å². The Morgan fingerprint density at radius 1 is 0.382 bits per heavy atom. The van der Waals surface area contributed by atoms with Gasteiger partial charge in [-0.25, -0.2) is 0 Å². The molecule has 7 heterocycles. The van der Waals surface area contributed by atoms with E-state index in [0.717, 1.165) is 13.8 Å². The van der Waals surface area contributed by atoms with Crippen molar-refractivity contribution in [1.82, 2.24) is 16.0 Å². The van der Waals surface area contributed by atoms with Gasteiger partial charge < -0.3 is 179 Å². The highest BCUT2D eigenvalue weighted by atomic mass is 16.8. The molecule has 3 amide bonds. The molecule has 0 unspecified atom stereocenters. The highest BCUT2D eigenvalue weighted by Crippen LogP contribution is 2.39. The van der Waals surface area contributed by atoms with Gasteiger partial charge in [-0.3, -0.25) is 14.4 Å². The van der Waals surface area contributed by atoms with Crippen molar-refractivity contribution < 1.29 is 178 Å². The Morgan fingerprint density at radius 3 is 1.16 bits per heavy atom. The van der Waals surface area contributed by atoms with Crippen molar-refractivity contribution in [3.05, 3.63) is 0 Å². The molecule has 0 aromatic heterocycles. The molecular weight excluding hydrogens is 1220 g/mol. The van der Waals surface area contributed by atoms with E-state index in [0.29, 0.717) is 0 Å². The number of aliphatic hydroxyl groups is 19. The predicted octanol–water partition coefficient (Wildman–Crippen LogP) is -14.8. The lowest BCUT2D eigenvalue weighted by atomic mass is 9.93. The topological polar surface area (TPSA) is 601 Å². The Bertz CT molecular complexity index is 2210. The summed E-state index contributed by atoms with van der Waals surface area (Å²) in [5.74, 6) is -1.81. The Balaban J connectivity index is 1.20. The molecule has 22 N–H and O–H groups in total. The minimum absolute atomic E-state index is 0.263. The third-order valence-corrected chi connectivity index (χ3v) is 16.2. The van der Waals surface area contributed by atoms with Crippen molar-refractivity contribution in [2.75, 3.05) is 46.2 Å². The van der Waals surface area contributed by atoms with E-state index in [9.17, 15) is 111 Å². The minimum Gasteiger partial charge on any atom is -0.394 e. The van der Waals surface area contributed by atoms with E-state index >= 15 is 0 Å². The molecule has 0 aliphatic carbocycles. The van der Waals surface area contributed by atoms with Crippen LogP contribution in [0.4, 0.5) is 0 Å². The highest BCUT2D eigenvalue weighted by molar-refractivity contribution is 5.73. The molecule has 0 spiro atoms. The van der Waals surface area contributed by atoms with Crippen LogP contribution in [0.5, 0.6) is 0 Å². The normalized spacial score (nSPS) is 48.5. The zero-order chi connectivity index (χ0) is 65.6. The van der Waals surface area contributed by atoms with Gasteiger partial charge >= 0.3 is 0 Å². The van der Waals surface area contributed by atoms with Crippen LogP contribution in [0.2, 0.25) is 0 Å². The van der Waals surface area contributed by atoms with Gasteiger partial charge in [0.25, 0.3) is 0 Å². The van der Waals surface area contributed by atoms with E-state index in [1.54, 1.807) is 0 Å². The van der Waals surface area contributed by atoms with Gasteiger partial charge in [-0.05, 0) is 13.8 Å². The average molecular weight is 1300 g/mol. The first-order valence-electron chi connectivity index (χ1n) is 28.6. The lowest BCUT2D eigenvalue weighted by Gasteiger charge is -2.52. The van der Waals surface area contributed by atoms with Crippen LogP contribution in [-0.2, 0) is 80.7 Å². The Morgan fingerprint density at radius 2 is 0.730 bits per heavy atom. The maximum atomic E-state index is 13.3. The Hall–Kier alpha value is -2.91. The second kappa shape index (κ2) is 32.5. The maximum Gasteiger partial charge on any atom is 0.217 e. The fourth-order valence-corrected chi connectivity index (χ4v) is 11.3. The minimum atomic E-state index is -2.36. The van der Waals surface area contributed by atoms with Gasteiger partial charge in [-0.15, -0.1) is 0 Å². The molecule has 0 aromatic carbocycles. The summed E-state index contributed by atoms with van der Waals surface area (Å²) in [4.78, 5) is 37.0. The highest BCUT2D eigenvalue weighted by Gasteiger charge is 2.60. The van der Waals surface area contributed by atoms with E-state index < -0.39 is 279 Å². The summed E-state index contributed by atoms with van der Waals surface area (Å²) >= 11 is 0. The van der Waals surface area contributed by atoms with Crippen LogP contribution in [0.1, 0.15) is 27.7 Å². The molecule has 7 aliphatic rings. The van der Waals surface area contributed by atoms with Crippen molar-refractivity contribution >= 4 is 18.2 Å². The van der Waals surface area contributed by atoms with Gasteiger partial charge in [0.1, 0.15) is 159 Å². The fraction of sp³-hybridized carbons (Fsp3) is 0.940. The number of aliphatic hydroxyl groups excluding tert-OH is 19. The largest absolute Gasteiger partial charge is 0.394 e. The molecule has 0 radical (unpaired) electrons. The van der Waals surface area contributed by atoms with Gasteiger partial charge in [0.15, 0.2) is 44.0 Å². The molecule has 7 fully saturated rings. The number of rotatable bonds is 25. The van der Waals surface area contributed by atoms with E-state index in [4.69, 9.17) is 66.3 Å². The molecule has 0 aromatic rings. The summed E-state index contributed by atoms with van der Waals surface area (Å²) in [7, 11) is 0. The first kappa shape index (κ1) is 73.5. The van der Waals surface area contributed by atoms with Crippen molar-refractivity contribution in [2.24, 2.45) is 0 Å². The third kappa shape index (κ3) is 16.4. The molecule has 516 valence electrons. The van der Waals surface area contributed by atoms with Crippen molar-refractivity contribution in [3.8, 4) is 0 Å². The number of hydrogen-bond acceptors (Lipinski definition) is 36. The molecule has 0 bridgehead atoms. The lowest BCUT2D eigenvalue weighted by Crippen LogP contribution is -2.72. The smallest absolute Gasteiger partial charge is 0.217 e. The van der Waals surface area contributed by atoms with Crippen molar-refractivity contribution in [1.29, 1.82) is 0 Å². The van der Waals surface area contributed by atoms with E-state index in [2.05, 4.69) is 16.0 Å². The van der Waals surface area contributed by atoms with Gasteiger partial charge in [0.05, 0.1) is 64.5 Å². The van der Waals surface area contributed by atoms with Gasteiger partial charge in [-0.2, -0.15) is 0 Å². The number of carbonyl (C=O) groups excluding carboxylic acids is 3. The van der Waals surface area contributed by atoms with Crippen LogP contribution in [0, 0.1) is 0 Å². The summed E-state index contributed by atoms with van der Waals surface area (Å²) in [5.41, 5.74) is 0. The molecule has 7 saturated heterocycles. The molecule has 39 nitrogen and oxygen atoms in total. The Labute approximate surface area is 505 Å². The zero-order valence-corrected chi connectivity index (χ0v) is 48.2. The van der Waals surface area contributed by atoms with Crippen molar-refractivity contribution in [2.45, 2.75) is 249 Å². The third-order valence-electron chi connectivity index (χ3n) is 16.2. The molecule has 7 rings (SSSR count). The SMILES string of the molecule is CC(=O)N[C@H]1[C@H](O[C@H]2[C@@H](O)[C@@H](CO)O[C@@H](O[C@@H]3[C@@H](NC(C)=O)[C@H](O[C@H]4[C@@H](O)[C@@H](CO)O[C@@H](O[C@H]5[C@H](O)[C@@H](O)[C@H](OC[C@@H](CO)NC=O)O[C@@H]5CO)[C@@H]4O)O[C@H](CO)[C@H]3O[C@@H]3O[C@@H](C)[C@@H](O)[C@@H](O)[C@@H]3O)[C@@H]2O)O[C@H](CO)[C@@H](O[C@@H]2O[C@@H](C)[C@@H](O)[C@@H](O)[C@@H]2O)[C@@H]1O. The van der Waals surface area contributed by atoms with Gasteiger partial charge in [0.2, 0.25) is 18.2 Å². The molecule has 0 saturated carbocycles. The first-order chi connectivity index (χ1) is 42.2. The molecular formula is C50H85N3O36. The monoisotopic (exact) mass is 1300 g/mol. The van der Waals surface area contributed by atoms with Crippen molar-refractivity contribution in [3.63, 3.8) is 0 Å². The number of hydrogen-bond donors (Lipinski definition) is 22. The summed E-state index contributed by atoms with van der Waals surface area (Å²) in [5, 5.41) is 215. The summed E-state index contributed by atoms with van der Waals surface area (Å²) in [6, 6.07) is -4.75. The average Bonchev–Trinajstić information content (AvgIpc) is 1.90. The fourth-order valence-electron chi connectivity index (χ4n) is 11.3. The molecule has 39 heteroatoms. The van der Waals surface area contributed by atoms with E-state index in [-0.39, 0.29) is 6.41 Å². The summed E-state index contributed by atoms with van der Waals surface area (Å²) in [6.07, 6.45) is -62.9. The first-order valence-corrected chi connectivity index (χ1v) is 28.6. The van der Waals surface area contributed by atoms with Gasteiger partial charge in [0, 0.05) is 13.8 Å². The van der Waals surface area contributed by atoms with E-state index in [1.807, 2.05) is 0 Å². The van der Waals surface area contributed by atoms with Crippen LogP contribution in [0.3, 0.4) is 0 Å². The summed E-state index contributed by atoms with van der Waals surface area (Å²) in [6.45, 7) is -1.83. The maximum absolute atomic E-state index is 13.3. The Kier molecular flexibility index (Phi) is 26.8. The second-order valence-electron chi connectivity index (χ2n) is 22.5.